The first-order chi connectivity index (χ1) is 9.86. The summed E-state index contributed by atoms with van der Waals surface area (Å²) in [4.78, 5) is -0.993. The van der Waals surface area contributed by atoms with E-state index >= 15 is 0 Å². The molecule has 0 aliphatic carbocycles. The van der Waals surface area contributed by atoms with Crippen LogP contribution in [0.15, 0.2) is 41.3 Å². The van der Waals surface area contributed by atoms with Gasteiger partial charge in [-0.15, -0.1) is 0 Å². The van der Waals surface area contributed by atoms with Gasteiger partial charge in [0.15, 0.2) is 17.5 Å². The monoisotopic (exact) mass is 317 g/mol. The van der Waals surface area contributed by atoms with Gasteiger partial charge in [0.1, 0.15) is 10.6 Å². The summed E-state index contributed by atoms with van der Waals surface area (Å²) in [6, 6.07) is 7.19. The molecule has 0 atom stereocenters. The number of halogens is 3. The molecule has 1 N–H and O–H groups in total. The van der Waals surface area contributed by atoms with Crippen molar-refractivity contribution in [1.82, 2.24) is 0 Å². The summed E-state index contributed by atoms with van der Waals surface area (Å²) in [5.74, 6) is -4.90. The Kier molecular flexibility index (Phi) is 4.08. The number of hydrogen-bond donors (Lipinski definition) is 1. The summed E-state index contributed by atoms with van der Waals surface area (Å²) in [5.41, 5.74) is 0.0455. The largest absolute Gasteiger partial charge is 0.495 e. The van der Waals surface area contributed by atoms with Crippen molar-refractivity contribution in [2.24, 2.45) is 0 Å². The first kappa shape index (κ1) is 15.2. The average molecular weight is 317 g/mol. The Morgan fingerprint density at radius 1 is 1.00 bits per heavy atom. The Morgan fingerprint density at radius 3 is 2.33 bits per heavy atom. The van der Waals surface area contributed by atoms with Crippen molar-refractivity contribution >= 4 is 15.7 Å². The molecular weight excluding hydrogens is 307 g/mol. The van der Waals surface area contributed by atoms with E-state index in [-0.39, 0.29) is 11.4 Å². The zero-order chi connectivity index (χ0) is 15.6. The SMILES string of the molecule is COc1ccccc1NS(=O)(=O)c1ccc(F)c(F)c1F. The molecule has 21 heavy (non-hydrogen) atoms. The maximum Gasteiger partial charge on any atom is 0.265 e. The van der Waals surface area contributed by atoms with Crippen LogP contribution < -0.4 is 9.46 Å². The van der Waals surface area contributed by atoms with Crippen LogP contribution >= 0.6 is 0 Å². The topological polar surface area (TPSA) is 55.4 Å². The van der Waals surface area contributed by atoms with Gasteiger partial charge in [-0.25, -0.2) is 21.6 Å². The fourth-order valence-electron chi connectivity index (χ4n) is 1.64. The first-order valence-corrected chi connectivity index (χ1v) is 7.14. The normalized spacial score (nSPS) is 11.2. The lowest BCUT2D eigenvalue weighted by Gasteiger charge is -2.12. The van der Waals surface area contributed by atoms with E-state index in [0.717, 1.165) is 0 Å². The fraction of sp³-hybridized carbons (Fsp3) is 0.0769. The Balaban J connectivity index is 2.46. The van der Waals surface area contributed by atoms with Crippen LogP contribution in [-0.4, -0.2) is 15.5 Å². The summed E-state index contributed by atoms with van der Waals surface area (Å²) in [5, 5.41) is 0. The van der Waals surface area contributed by atoms with E-state index in [1.165, 1.54) is 25.3 Å². The van der Waals surface area contributed by atoms with Gasteiger partial charge in [0.05, 0.1) is 12.8 Å². The van der Waals surface area contributed by atoms with Crippen LogP contribution in [0.1, 0.15) is 0 Å². The lowest BCUT2D eigenvalue weighted by atomic mass is 10.3. The van der Waals surface area contributed by atoms with Crippen molar-refractivity contribution in [3.8, 4) is 5.75 Å². The highest BCUT2D eigenvalue weighted by Crippen LogP contribution is 2.27. The summed E-state index contributed by atoms with van der Waals surface area (Å²) >= 11 is 0. The number of methoxy groups -OCH3 is 1. The van der Waals surface area contributed by atoms with Gasteiger partial charge in [0.2, 0.25) is 0 Å². The molecule has 2 aromatic rings. The van der Waals surface area contributed by atoms with Gasteiger partial charge in [0, 0.05) is 0 Å². The molecule has 0 saturated carbocycles. The minimum atomic E-state index is -4.43. The predicted molar refractivity (Wildman–Crippen MR) is 70.1 cm³/mol. The van der Waals surface area contributed by atoms with E-state index in [1.807, 2.05) is 0 Å². The van der Waals surface area contributed by atoms with Crippen LogP contribution in [-0.2, 0) is 10.0 Å². The quantitative estimate of drug-likeness (QED) is 0.882. The molecule has 0 aromatic heterocycles. The molecule has 0 radical (unpaired) electrons. The zero-order valence-corrected chi connectivity index (χ0v) is 11.5. The van der Waals surface area contributed by atoms with Crippen LogP contribution in [0.5, 0.6) is 5.75 Å². The van der Waals surface area contributed by atoms with E-state index in [0.29, 0.717) is 12.1 Å². The third kappa shape index (κ3) is 2.94. The summed E-state index contributed by atoms with van der Waals surface area (Å²) in [7, 11) is -3.10. The van der Waals surface area contributed by atoms with Gasteiger partial charge in [-0.05, 0) is 24.3 Å². The Labute approximate surface area is 119 Å². The Hall–Kier alpha value is -2.22. The van der Waals surface area contributed by atoms with Crippen LogP contribution in [0.3, 0.4) is 0 Å². The van der Waals surface area contributed by atoms with Gasteiger partial charge in [-0.3, -0.25) is 4.72 Å². The molecule has 0 saturated heterocycles. The third-order valence-electron chi connectivity index (χ3n) is 2.64. The lowest BCUT2D eigenvalue weighted by Crippen LogP contribution is -2.16. The zero-order valence-electron chi connectivity index (χ0n) is 10.7. The van der Waals surface area contributed by atoms with Crippen molar-refractivity contribution in [2.75, 3.05) is 11.8 Å². The molecule has 2 rings (SSSR count). The third-order valence-corrected chi connectivity index (χ3v) is 4.02. The highest BCUT2D eigenvalue weighted by Gasteiger charge is 2.24. The average Bonchev–Trinajstić information content (AvgIpc) is 2.44. The van der Waals surface area contributed by atoms with Gasteiger partial charge in [-0.2, -0.15) is 0 Å². The number of rotatable bonds is 4. The highest BCUT2D eigenvalue weighted by atomic mass is 32.2. The summed E-state index contributed by atoms with van der Waals surface area (Å²) in [6.45, 7) is 0. The Morgan fingerprint density at radius 2 is 1.67 bits per heavy atom. The molecule has 112 valence electrons. The standard InChI is InChI=1S/C13H10F3NO3S/c1-20-10-5-3-2-4-9(10)17-21(18,19)11-7-6-8(14)12(15)13(11)16/h2-7,17H,1H3. The van der Waals surface area contributed by atoms with Crippen molar-refractivity contribution in [3.05, 3.63) is 53.8 Å². The van der Waals surface area contributed by atoms with E-state index in [9.17, 15) is 21.6 Å². The number of benzene rings is 2. The van der Waals surface area contributed by atoms with Crippen LogP contribution in [0.2, 0.25) is 0 Å². The van der Waals surface area contributed by atoms with Crippen LogP contribution in [0.25, 0.3) is 0 Å². The number of anilines is 1. The molecule has 0 spiro atoms. The van der Waals surface area contributed by atoms with Gasteiger partial charge in [0.25, 0.3) is 10.0 Å². The molecule has 0 heterocycles. The molecular formula is C13H10F3NO3S. The smallest absolute Gasteiger partial charge is 0.265 e. The highest BCUT2D eigenvalue weighted by molar-refractivity contribution is 7.92. The summed E-state index contributed by atoms with van der Waals surface area (Å²) in [6.07, 6.45) is 0. The maximum absolute atomic E-state index is 13.6. The molecule has 0 bridgehead atoms. The number of para-hydroxylation sites is 2. The van der Waals surface area contributed by atoms with Crippen LogP contribution in [0.4, 0.5) is 18.9 Å². The van der Waals surface area contributed by atoms with E-state index in [2.05, 4.69) is 4.72 Å². The van der Waals surface area contributed by atoms with Crippen LogP contribution in [0, 0.1) is 17.5 Å². The van der Waals surface area contributed by atoms with E-state index in [4.69, 9.17) is 4.74 Å². The molecule has 8 heteroatoms. The van der Waals surface area contributed by atoms with Gasteiger partial charge >= 0.3 is 0 Å². The molecule has 4 nitrogen and oxygen atoms in total. The lowest BCUT2D eigenvalue weighted by molar-refractivity contribution is 0.416. The Bertz CT molecular complexity index is 778. The first-order valence-electron chi connectivity index (χ1n) is 5.66. The molecule has 0 aliphatic rings. The molecule has 0 fully saturated rings. The molecule has 2 aromatic carbocycles. The number of nitrogens with one attached hydrogen (secondary N) is 1. The predicted octanol–water partition coefficient (Wildman–Crippen LogP) is 2.91. The molecule has 0 aliphatic heterocycles. The van der Waals surface area contributed by atoms with Crippen molar-refractivity contribution < 1.29 is 26.3 Å². The second-order valence-electron chi connectivity index (χ2n) is 3.98. The number of ether oxygens (including phenoxy) is 1. The summed E-state index contributed by atoms with van der Waals surface area (Å²) < 4.78 is 70.7. The van der Waals surface area contributed by atoms with Crippen molar-refractivity contribution in [3.63, 3.8) is 0 Å². The van der Waals surface area contributed by atoms with E-state index in [1.54, 1.807) is 6.07 Å². The van der Waals surface area contributed by atoms with E-state index < -0.39 is 32.4 Å². The molecule has 0 amide bonds. The van der Waals surface area contributed by atoms with Crippen molar-refractivity contribution in [1.29, 1.82) is 0 Å². The van der Waals surface area contributed by atoms with Gasteiger partial charge in [-0.1, -0.05) is 12.1 Å². The maximum atomic E-state index is 13.6. The fourth-order valence-corrected chi connectivity index (χ4v) is 2.79. The van der Waals surface area contributed by atoms with Crippen molar-refractivity contribution in [2.45, 2.75) is 4.90 Å². The molecule has 0 unspecified atom stereocenters. The minimum absolute atomic E-state index is 0.0455. The van der Waals surface area contributed by atoms with Gasteiger partial charge < -0.3 is 4.74 Å². The second-order valence-corrected chi connectivity index (χ2v) is 5.63. The second kappa shape index (κ2) is 5.65. The number of hydrogen-bond acceptors (Lipinski definition) is 3. The minimum Gasteiger partial charge on any atom is -0.495 e. The number of sulfonamides is 1.